The Morgan fingerprint density at radius 1 is 1.38 bits per heavy atom. The van der Waals surface area contributed by atoms with Gasteiger partial charge < -0.3 is 10.2 Å². The Labute approximate surface area is 89.9 Å². The highest BCUT2D eigenvalue weighted by molar-refractivity contribution is 5.78. The van der Waals surface area contributed by atoms with Crippen LogP contribution in [0.1, 0.15) is 5.56 Å². The molecule has 0 fully saturated rings. The molecule has 5 nitrogen and oxygen atoms in total. The van der Waals surface area contributed by atoms with Gasteiger partial charge in [-0.15, -0.1) is 0 Å². The quantitative estimate of drug-likeness (QED) is 0.596. The van der Waals surface area contributed by atoms with Gasteiger partial charge in [0.2, 0.25) is 0 Å². The smallest absolute Gasteiger partial charge is 0.372 e. The molecule has 0 atom stereocenters. The fourth-order valence-corrected chi connectivity index (χ4v) is 1.33. The molecule has 0 bridgehead atoms. The Balaban J connectivity index is 2.71. The summed E-state index contributed by atoms with van der Waals surface area (Å²) in [6, 6.07) is 4.86. The van der Waals surface area contributed by atoms with Gasteiger partial charge in [-0.3, -0.25) is 4.98 Å². The molecule has 0 radical (unpaired) electrons. The van der Waals surface area contributed by atoms with Crippen LogP contribution in [-0.4, -0.2) is 11.5 Å². The second-order valence-corrected chi connectivity index (χ2v) is 3.07. The molecular weight excluding hydrogens is 208 g/mol. The monoisotopic (exact) mass is 216 g/mol. The summed E-state index contributed by atoms with van der Waals surface area (Å²) < 4.78 is 4.41. The number of rotatable bonds is 0. The maximum atomic E-state index is 11.4. The van der Waals surface area contributed by atoms with E-state index >= 15 is 0 Å². The van der Waals surface area contributed by atoms with Crippen LogP contribution < -0.4 is 17.1 Å². The Kier molecular flexibility index (Phi) is 2.58. The Bertz CT molecular complexity index is 701. The molecule has 16 heavy (non-hydrogen) atoms. The normalized spacial score (nSPS) is 9.81. The maximum absolute atomic E-state index is 11.4. The van der Waals surface area contributed by atoms with Crippen molar-refractivity contribution in [2.75, 3.05) is 6.54 Å². The zero-order valence-corrected chi connectivity index (χ0v) is 8.24. The van der Waals surface area contributed by atoms with Gasteiger partial charge in [0.25, 0.3) is 0 Å². The predicted molar refractivity (Wildman–Crippen MR) is 59.0 cm³/mol. The van der Waals surface area contributed by atoms with Crippen LogP contribution >= 0.6 is 0 Å². The van der Waals surface area contributed by atoms with Crippen molar-refractivity contribution in [1.82, 2.24) is 4.98 Å². The number of hydrogen-bond donors (Lipinski definition) is 2. The van der Waals surface area contributed by atoms with Gasteiger partial charge in [-0.2, -0.15) is 0 Å². The molecule has 0 saturated heterocycles. The third-order valence-electron chi connectivity index (χ3n) is 2.00. The highest BCUT2D eigenvalue weighted by Crippen LogP contribution is 2.07. The van der Waals surface area contributed by atoms with E-state index in [0.29, 0.717) is 16.5 Å². The first-order valence-corrected chi connectivity index (χ1v) is 4.57. The van der Waals surface area contributed by atoms with Crippen molar-refractivity contribution in [2.24, 2.45) is 5.73 Å². The van der Waals surface area contributed by atoms with Crippen molar-refractivity contribution < 1.29 is 4.42 Å². The number of fused-ring (bicyclic) bond motifs is 1. The van der Waals surface area contributed by atoms with E-state index in [1.165, 1.54) is 0 Å². The molecule has 0 aliphatic heterocycles. The largest absolute Gasteiger partial charge is 0.419 e. The minimum absolute atomic E-state index is 0.248. The van der Waals surface area contributed by atoms with Crippen LogP contribution in [0.25, 0.3) is 10.9 Å². The van der Waals surface area contributed by atoms with Crippen LogP contribution in [0, 0.1) is 11.8 Å². The van der Waals surface area contributed by atoms with E-state index in [2.05, 4.69) is 21.2 Å². The molecule has 5 heteroatoms. The van der Waals surface area contributed by atoms with Crippen LogP contribution in [0.5, 0.6) is 0 Å². The summed E-state index contributed by atoms with van der Waals surface area (Å²) in [6.45, 7) is 0.248. The van der Waals surface area contributed by atoms with Crippen molar-refractivity contribution in [3.05, 3.63) is 44.7 Å². The number of H-pyrrole nitrogens is 1. The average molecular weight is 216 g/mol. The van der Waals surface area contributed by atoms with Gasteiger partial charge >= 0.3 is 11.4 Å². The predicted octanol–water partition coefficient (Wildman–Crippen LogP) is -0.208. The molecule has 0 aliphatic rings. The van der Waals surface area contributed by atoms with E-state index in [9.17, 15) is 9.59 Å². The first-order chi connectivity index (χ1) is 7.70. The van der Waals surface area contributed by atoms with Gasteiger partial charge in [0.15, 0.2) is 0 Å². The van der Waals surface area contributed by atoms with Gasteiger partial charge in [-0.25, -0.2) is 9.59 Å². The molecular formula is C11H8N2O3. The summed E-state index contributed by atoms with van der Waals surface area (Å²) in [4.78, 5) is 24.7. The van der Waals surface area contributed by atoms with Gasteiger partial charge in [-0.05, 0) is 18.2 Å². The molecule has 0 saturated carbocycles. The van der Waals surface area contributed by atoms with Crippen molar-refractivity contribution in [2.45, 2.75) is 0 Å². The Morgan fingerprint density at radius 3 is 2.94 bits per heavy atom. The third-order valence-corrected chi connectivity index (χ3v) is 2.00. The summed E-state index contributed by atoms with van der Waals surface area (Å²) in [5, 5.41) is 0.295. The van der Waals surface area contributed by atoms with Crippen LogP contribution in [0.2, 0.25) is 0 Å². The Hall–Kier alpha value is -2.32. The number of benzene rings is 1. The molecule has 1 aromatic carbocycles. The Morgan fingerprint density at radius 2 is 2.19 bits per heavy atom. The van der Waals surface area contributed by atoms with Crippen molar-refractivity contribution in [3.63, 3.8) is 0 Å². The molecule has 80 valence electrons. The molecule has 0 amide bonds. The van der Waals surface area contributed by atoms with Crippen LogP contribution in [0.15, 0.2) is 32.2 Å². The number of nitrogens with two attached hydrogens (primary N) is 1. The summed E-state index contributed by atoms with van der Waals surface area (Å²) in [7, 11) is 0. The summed E-state index contributed by atoms with van der Waals surface area (Å²) >= 11 is 0. The van der Waals surface area contributed by atoms with Crippen molar-refractivity contribution >= 4 is 10.9 Å². The van der Waals surface area contributed by atoms with E-state index in [1.807, 2.05) is 0 Å². The molecule has 3 N–H and O–H groups in total. The summed E-state index contributed by atoms with van der Waals surface area (Å²) in [5.41, 5.74) is 5.65. The second kappa shape index (κ2) is 4.04. The fourth-order valence-electron chi connectivity index (χ4n) is 1.33. The SMILES string of the molecule is NCC#Cc1ccc2[nH]c(=O)oc(=O)c2c1. The second-order valence-electron chi connectivity index (χ2n) is 3.07. The third kappa shape index (κ3) is 1.87. The fraction of sp³-hybridized carbons (Fsp3) is 0.0909. The van der Waals surface area contributed by atoms with Crippen LogP contribution in [0.4, 0.5) is 0 Å². The van der Waals surface area contributed by atoms with E-state index in [0.717, 1.165) is 0 Å². The zero-order valence-electron chi connectivity index (χ0n) is 8.24. The minimum atomic E-state index is -0.765. The maximum Gasteiger partial charge on any atom is 0.419 e. The molecule has 0 unspecified atom stereocenters. The number of hydrogen-bond acceptors (Lipinski definition) is 4. The first-order valence-electron chi connectivity index (χ1n) is 4.57. The minimum Gasteiger partial charge on any atom is -0.372 e. The molecule has 2 rings (SSSR count). The first kappa shape index (κ1) is 10.2. The molecule has 0 spiro atoms. The number of aromatic nitrogens is 1. The number of aromatic amines is 1. The van der Waals surface area contributed by atoms with E-state index in [4.69, 9.17) is 5.73 Å². The van der Waals surface area contributed by atoms with Gasteiger partial charge in [0.1, 0.15) is 0 Å². The lowest BCUT2D eigenvalue weighted by Gasteiger charge is -1.95. The summed E-state index contributed by atoms with van der Waals surface area (Å²) in [5.74, 6) is 4.70. The molecule has 2 aromatic rings. The molecule has 1 heterocycles. The van der Waals surface area contributed by atoms with Crippen molar-refractivity contribution in [1.29, 1.82) is 0 Å². The van der Waals surface area contributed by atoms with E-state index in [1.54, 1.807) is 18.2 Å². The van der Waals surface area contributed by atoms with Gasteiger partial charge in [0.05, 0.1) is 17.4 Å². The van der Waals surface area contributed by atoms with Gasteiger partial charge in [-0.1, -0.05) is 11.8 Å². The topological polar surface area (TPSA) is 89.1 Å². The molecule has 1 aromatic heterocycles. The lowest BCUT2D eigenvalue weighted by Crippen LogP contribution is -2.14. The lowest BCUT2D eigenvalue weighted by molar-refractivity contribution is 0.460. The standard InChI is InChI=1S/C11H8N2O3/c12-5-1-2-7-3-4-9-8(6-7)10(14)16-11(15)13-9/h3-4,6H,5,12H2,(H,13,15). The van der Waals surface area contributed by atoms with E-state index < -0.39 is 11.4 Å². The number of nitrogens with one attached hydrogen (secondary N) is 1. The zero-order chi connectivity index (χ0) is 11.5. The average Bonchev–Trinajstić information content (AvgIpc) is 2.26. The lowest BCUT2D eigenvalue weighted by atomic mass is 10.1. The van der Waals surface area contributed by atoms with Gasteiger partial charge in [0, 0.05) is 5.56 Å². The van der Waals surface area contributed by atoms with Crippen LogP contribution in [0.3, 0.4) is 0 Å². The van der Waals surface area contributed by atoms with Crippen LogP contribution in [-0.2, 0) is 0 Å². The highest BCUT2D eigenvalue weighted by atomic mass is 16.4. The summed E-state index contributed by atoms with van der Waals surface area (Å²) in [6.07, 6.45) is 0. The van der Waals surface area contributed by atoms with Crippen molar-refractivity contribution in [3.8, 4) is 11.8 Å². The highest BCUT2D eigenvalue weighted by Gasteiger charge is 2.02. The molecule has 0 aliphatic carbocycles. The van der Waals surface area contributed by atoms with E-state index in [-0.39, 0.29) is 6.54 Å².